The van der Waals surface area contributed by atoms with Crippen LogP contribution < -0.4 is 5.32 Å². The molecule has 0 bridgehead atoms. The molecule has 1 aromatic heterocycles. The number of nitrogens with one attached hydrogen (secondary N) is 1. The molecule has 5 nitrogen and oxygen atoms in total. The van der Waals surface area contributed by atoms with Gasteiger partial charge in [0.15, 0.2) is 5.76 Å². The zero-order valence-electron chi connectivity index (χ0n) is 16.3. The van der Waals surface area contributed by atoms with Gasteiger partial charge in [-0.25, -0.2) is 0 Å². The van der Waals surface area contributed by atoms with Crippen molar-refractivity contribution < 1.29 is 14.0 Å². The highest BCUT2D eigenvalue weighted by Crippen LogP contribution is 2.22. The highest BCUT2D eigenvalue weighted by molar-refractivity contribution is 5.91. The van der Waals surface area contributed by atoms with Gasteiger partial charge in [0.05, 0.1) is 6.26 Å². The summed E-state index contributed by atoms with van der Waals surface area (Å²) in [6.07, 6.45) is 2.87. The van der Waals surface area contributed by atoms with E-state index in [-0.39, 0.29) is 23.1 Å². The predicted octanol–water partition coefficient (Wildman–Crippen LogP) is 3.75. The maximum Gasteiger partial charge on any atom is 0.289 e. The van der Waals surface area contributed by atoms with E-state index < -0.39 is 0 Å². The molecule has 1 N–H and O–H groups in total. The van der Waals surface area contributed by atoms with E-state index in [0.29, 0.717) is 38.2 Å². The molecule has 144 valence electrons. The topological polar surface area (TPSA) is 62.6 Å². The van der Waals surface area contributed by atoms with Crippen molar-refractivity contribution in [3.63, 3.8) is 0 Å². The summed E-state index contributed by atoms with van der Waals surface area (Å²) in [5, 5.41) is 3.04. The van der Waals surface area contributed by atoms with Crippen molar-refractivity contribution in [1.29, 1.82) is 0 Å². The molecule has 2 heterocycles. The SMILES string of the molecule is CC(C)(C)c1ccc(CNC(=O)C2CCN(C(=O)c3ccco3)CC2)cc1. The van der Waals surface area contributed by atoms with E-state index in [2.05, 4.69) is 50.4 Å². The second-order valence-corrected chi connectivity index (χ2v) is 8.21. The standard InChI is InChI=1S/C22H28N2O3/c1-22(2,3)18-8-6-16(7-9-18)15-23-20(25)17-10-12-24(13-11-17)21(26)19-5-4-14-27-19/h4-9,14,17H,10-13,15H2,1-3H3,(H,23,25). The Balaban J connectivity index is 1.46. The van der Waals surface area contributed by atoms with Crippen molar-refractivity contribution in [1.82, 2.24) is 10.2 Å². The van der Waals surface area contributed by atoms with Gasteiger partial charge >= 0.3 is 0 Å². The molecular weight excluding hydrogens is 340 g/mol. The fourth-order valence-electron chi connectivity index (χ4n) is 3.36. The molecule has 0 unspecified atom stereocenters. The molecule has 3 rings (SSSR count). The van der Waals surface area contributed by atoms with E-state index in [1.807, 2.05) is 0 Å². The van der Waals surface area contributed by atoms with Crippen molar-refractivity contribution in [3.05, 3.63) is 59.5 Å². The number of likely N-dealkylation sites (tertiary alicyclic amines) is 1. The lowest BCUT2D eigenvalue weighted by molar-refractivity contribution is -0.126. The Kier molecular flexibility index (Phi) is 5.68. The fourth-order valence-corrected chi connectivity index (χ4v) is 3.36. The lowest BCUT2D eigenvalue weighted by atomic mass is 9.87. The molecule has 1 aliphatic heterocycles. The molecule has 0 radical (unpaired) electrons. The summed E-state index contributed by atoms with van der Waals surface area (Å²) in [5.41, 5.74) is 2.51. The van der Waals surface area contributed by atoms with Crippen molar-refractivity contribution in [2.75, 3.05) is 13.1 Å². The number of rotatable bonds is 4. The zero-order valence-corrected chi connectivity index (χ0v) is 16.3. The van der Waals surface area contributed by atoms with Gasteiger partial charge in [0, 0.05) is 25.6 Å². The molecule has 0 saturated carbocycles. The third kappa shape index (κ3) is 4.79. The Morgan fingerprint density at radius 1 is 1.11 bits per heavy atom. The average molecular weight is 368 g/mol. The number of carbonyl (C=O) groups excluding carboxylic acids is 2. The fraction of sp³-hybridized carbons (Fsp3) is 0.455. The van der Waals surface area contributed by atoms with Gasteiger partial charge in [0.2, 0.25) is 5.91 Å². The number of piperidine rings is 1. The van der Waals surface area contributed by atoms with E-state index in [4.69, 9.17) is 4.42 Å². The Morgan fingerprint density at radius 3 is 2.33 bits per heavy atom. The van der Waals surface area contributed by atoms with Crippen LogP contribution in [-0.2, 0) is 16.8 Å². The summed E-state index contributed by atoms with van der Waals surface area (Å²) in [4.78, 5) is 26.5. The molecule has 1 fully saturated rings. The van der Waals surface area contributed by atoms with Crippen LogP contribution in [0.1, 0.15) is 55.3 Å². The van der Waals surface area contributed by atoms with E-state index in [1.165, 1.54) is 11.8 Å². The molecule has 2 aromatic rings. The first-order valence-electron chi connectivity index (χ1n) is 9.54. The minimum Gasteiger partial charge on any atom is -0.459 e. The van der Waals surface area contributed by atoms with Crippen LogP contribution in [0.3, 0.4) is 0 Å². The minimum atomic E-state index is -0.0993. The highest BCUT2D eigenvalue weighted by Gasteiger charge is 2.28. The van der Waals surface area contributed by atoms with Gasteiger partial charge in [0.25, 0.3) is 5.91 Å². The molecular formula is C22H28N2O3. The van der Waals surface area contributed by atoms with Gasteiger partial charge in [-0.2, -0.15) is 0 Å². The Hall–Kier alpha value is -2.56. The van der Waals surface area contributed by atoms with E-state index >= 15 is 0 Å². The van der Waals surface area contributed by atoms with Crippen molar-refractivity contribution >= 4 is 11.8 Å². The van der Waals surface area contributed by atoms with Crippen LogP contribution in [0.4, 0.5) is 0 Å². The monoisotopic (exact) mass is 368 g/mol. The summed E-state index contributed by atoms with van der Waals surface area (Å²) in [6.45, 7) is 8.26. The Bertz CT molecular complexity index is 765. The maximum absolute atomic E-state index is 12.5. The molecule has 27 heavy (non-hydrogen) atoms. The van der Waals surface area contributed by atoms with Crippen LogP contribution in [-0.4, -0.2) is 29.8 Å². The number of carbonyl (C=O) groups is 2. The number of amides is 2. The Morgan fingerprint density at radius 2 is 1.78 bits per heavy atom. The van der Waals surface area contributed by atoms with Crippen LogP contribution in [0.15, 0.2) is 47.1 Å². The van der Waals surface area contributed by atoms with Crippen molar-refractivity contribution in [2.45, 2.75) is 45.6 Å². The summed E-state index contributed by atoms with van der Waals surface area (Å²) < 4.78 is 5.17. The van der Waals surface area contributed by atoms with Crippen molar-refractivity contribution in [3.8, 4) is 0 Å². The van der Waals surface area contributed by atoms with Gasteiger partial charge in [0.1, 0.15) is 0 Å². The minimum absolute atomic E-state index is 0.0421. The number of hydrogen-bond acceptors (Lipinski definition) is 3. The van der Waals surface area contributed by atoms with Crippen molar-refractivity contribution in [2.24, 2.45) is 5.92 Å². The molecule has 0 atom stereocenters. The number of benzene rings is 1. The van der Waals surface area contributed by atoms with Crippen LogP contribution in [0.2, 0.25) is 0 Å². The van der Waals surface area contributed by atoms with Gasteiger partial charge in [-0.05, 0) is 41.5 Å². The highest BCUT2D eigenvalue weighted by atomic mass is 16.3. The second-order valence-electron chi connectivity index (χ2n) is 8.21. The molecule has 0 spiro atoms. The largest absolute Gasteiger partial charge is 0.459 e. The lowest BCUT2D eigenvalue weighted by Gasteiger charge is -2.30. The lowest BCUT2D eigenvalue weighted by Crippen LogP contribution is -2.42. The summed E-state index contributed by atoms with van der Waals surface area (Å²) in [6, 6.07) is 11.8. The molecule has 1 saturated heterocycles. The molecule has 0 aliphatic carbocycles. The number of nitrogens with zero attached hydrogens (tertiary/aromatic N) is 1. The molecule has 5 heteroatoms. The molecule has 2 amide bonds. The molecule has 1 aromatic carbocycles. The third-order valence-corrected chi connectivity index (χ3v) is 5.17. The summed E-state index contributed by atoms with van der Waals surface area (Å²) in [7, 11) is 0. The van der Waals surface area contributed by atoms with E-state index in [0.717, 1.165) is 5.56 Å². The zero-order chi connectivity index (χ0) is 19.4. The predicted molar refractivity (Wildman–Crippen MR) is 104 cm³/mol. The normalized spacial score (nSPS) is 15.6. The van der Waals surface area contributed by atoms with Crippen LogP contribution in [0.5, 0.6) is 0 Å². The molecule has 1 aliphatic rings. The maximum atomic E-state index is 12.5. The van der Waals surface area contributed by atoms with Gasteiger partial charge < -0.3 is 14.6 Å². The van der Waals surface area contributed by atoms with Crippen LogP contribution in [0, 0.1) is 5.92 Å². The van der Waals surface area contributed by atoms with Crippen LogP contribution in [0.25, 0.3) is 0 Å². The number of hydrogen-bond donors (Lipinski definition) is 1. The first-order chi connectivity index (χ1) is 12.8. The Labute approximate surface area is 160 Å². The van der Waals surface area contributed by atoms with Gasteiger partial charge in [-0.15, -0.1) is 0 Å². The first-order valence-corrected chi connectivity index (χ1v) is 9.54. The number of furan rings is 1. The van der Waals surface area contributed by atoms with E-state index in [1.54, 1.807) is 17.0 Å². The average Bonchev–Trinajstić information content (AvgIpc) is 3.20. The second kappa shape index (κ2) is 7.99. The van der Waals surface area contributed by atoms with Crippen LogP contribution >= 0.6 is 0 Å². The summed E-state index contributed by atoms with van der Waals surface area (Å²) in [5.74, 6) is 0.286. The van der Waals surface area contributed by atoms with E-state index in [9.17, 15) is 9.59 Å². The summed E-state index contributed by atoms with van der Waals surface area (Å²) >= 11 is 0. The first kappa shape index (κ1) is 19.2. The third-order valence-electron chi connectivity index (χ3n) is 5.17. The smallest absolute Gasteiger partial charge is 0.289 e. The van der Waals surface area contributed by atoms with Gasteiger partial charge in [-0.1, -0.05) is 45.0 Å². The van der Waals surface area contributed by atoms with Gasteiger partial charge in [-0.3, -0.25) is 9.59 Å². The quantitative estimate of drug-likeness (QED) is 0.894.